The molecule has 0 aromatic heterocycles. The molecule has 0 amide bonds. The van der Waals surface area contributed by atoms with Crippen LogP contribution in [-0.4, -0.2) is 34.8 Å². The Balaban J connectivity index is 2.30. The van der Waals surface area contributed by atoms with E-state index in [0.717, 1.165) is 11.1 Å². The zero-order valence-electron chi connectivity index (χ0n) is 12.3. The number of carboxylic acid groups (broad SMARTS) is 1. The Labute approximate surface area is 132 Å². The molecule has 0 saturated heterocycles. The van der Waals surface area contributed by atoms with Crippen LogP contribution in [0, 0.1) is 10.1 Å². The average molecular weight is 326 g/mol. The second-order valence-electron chi connectivity index (χ2n) is 4.77. The fourth-order valence-electron chi connectivity index (χ4n) is 1.67. The molecule has 1 unspecified atom stereocenters. The number of carbonyl (C=O) groups excluding carboxylic acids is 1. The first kappa shape index (κ1) is 18.4. The number of nitrogens with two attached hydrogens (primary N) is 1. The van der Waals surface area contributed by atoms with Crippen molar-refractivity contribution in [2.45, 2.75) is 31.9 Å². The number of aliphatic carboxylic acids is 1. The maximum atomic E-state index is 11.5. The third-order valence-corrected chi connectivity index (χ3v) is 2.99. The maximum absolute atomic E-state index is 11.5. The normalized spacial score (nSPS) is 11.5. The number of rotatable bonds is 10. The number of esters is 1. The number of carbonyl (C=O) groups is 2. The van der Waals surface area contributed by atoms with Gasteiger partial charge in [-0.1, -0.05) is 24.3 Å². The highest BCUT2D eigenvalue weighted by Crippen LogP contribution is 2.08. The average Bonchev–Trinajstić information content (AvgIpc) is 2.51. The van der Waals surface area contributed by atoms with Crippen LogP contribution in [-0.2, 0) is 32.2 Å². The summed E-state index contributed by atoms with van der Waals surface area (Å²) in [6.45, 7) is 0.0397. The van der Waals surface area contributed by atoms with Crippen LogP contribution >= 0.6 is 0 Å². The van der Waals surface area contributed by atoms with Crippen LogP contribution in [0.15, 0.2) is 24.3 Å². The number of hydrogen-bond acceptors (Lipinski definition) is 7. The van der Waals surface area contributed by atoms with E-state index in [1.165, 1.54) is 0 Å². The molecule has 0 aliphatic rings. The smallest absolute Gasteiger partial charge is 0.320 e. The Bertz CT molecular complexity index is 545. The predicted molar refractivity (Wildman–Crippen MR) is 77.7 cm³/mol. The molecule has 1 atom stereocenters. The van der Waals surface area contributed by atoms with Gasteiger partial charge in [0.1, 0.15) is 19.3 Å². The number of benzene rings is 1. The lowest BCUT2D eigenvalue weighted by molar-refractivity contribution is -0.757. The third-order valence-electron chi connectivity index (χ3n) is 2.99. The van der Waals surface area contributed by atoms with E-state index < -0.39 is 23.1 Å². The predicted octanol–water partition coefficient (Wildman–Crippen LogP) is 0.673. The summed E-state index contributed by atoms with van der Waals surface area (Å²) in [6, 6.07) is 5.90. The summed E-state index contributed by atoms with van der Waals surface area (Å²) >= 11 is 0. The van der Waals surface area contributed by atoms with Crippen molar-refractivity contribution < 1.29 is 29.4 Å². The Morgan fingerprint density at radius 2 is 1.87 bits per heavy atom. The molecule has 0 fully saturated rings. The number of carboxylic acids is 1. The molecule has 1 aromatic carbocycles. The van der Waals surface area contributed by atoms with Crippen LogP contribution < -0.4 is 5.73 Å². The lowest BCUT2D eigenvalue weighted by atomic mass is 10.1. The second kappa shape index (κ2) is 9.36. The van der Waals surface area contributed by atoms with Gasteiger partial charge in [-0.05, 0) is 24.0 Å². The summed E-state index contributed by atoms with van der Waals surface area (Å²) in [4.78, 5) is 36.2. The molecular weight excluding hydrogens is 308 g/mol. The van der Waals surface area contributed by atoms with Crippen LogP contribution in [0.3, 0.4) is 0 Å². The highest BCUT2D eigenvalue weighted by molar-refractivity contribution is 5.75. The molecule has 0 radical (unpaired) electrons. The summed E-state index contributed by atoms with van der Waals surface area (Å²) in [5, 5.41) is 17.8. The molecule has 9 heteroatoms. The number of ether oxygens (including phenoxy) is 1. The zero-order valence-corrected chi connectivity index (χ0v) is 12.3. The molecule has 1 rings (SSSR count). The molecule has 1 aromatic rings. The van der Waals surface area contributed by atoms with Crippen molar-refractivity contribution in [3.63, 3.8) is 0 Å². The van der Waals surface area contributed by atoms with Crippen LogP contribution in [0.2, 0.25) is 0 Å². The van der Waals surface area contributed by atoms with Crippen molar-refractivity contribution in [1.82, 2.24) is 0 Å². The van der Waals surface area contributed by atoms with Crippen molar-refractivity contribution in [3.05, 3.63) is 45.5 Å². The molecule has 3 N–H and O–H groups in total. The first-order chi connectivity index (χ1) is 10.9. The number of hydrogen-bond donors (Lipinski definition) is 2. The van der Waals surface area contributed by atoms with Crippen molar-refractivity contribution in [2.24, 2.45) is 5.73 Å². The van der Waals surface area contributed by atoms with Gasteiger partial charge >= 0.3 is 11.9 Å². The molecule has 0 saturated carbocycles. The summed E-state index contributed by atoms with van der Waals surface area (Å²) in [5.41, 5.74) is 6.89. The molecule has 0 bridgehead atoms. The van der Waals surface area contributed by atoms with Crippen molar-refractivity contribution in [2.75, 3.05) is 6.61 Å². The topological polar surface area (TPSA) is 142 Å². The molecule has 0 aliphatic carbocycles. The van der Waals surface area contributed by atoms with Crippen LogP contribution in [0.5, 0.6) is 0 Å². The maximum Gasteiger partial charge on any atom is 0.320 e. The van der Waals surface area contributed by atoms with Crippen molar-refractivity contribution >= 4 is 11.9 Å². The molecule has 0 spiro atoms. The van der Waals surface area contributed by atoms with Crippen molar-refractivity contribution in [3.8, 4) is 0 Å². The summed E-state index contributed by atoms with van der Waals surface area (Å²) in [5.74, 6) is -1.68. The summed E-state index contributed by atoms with van der Waals surface area (Å²) < 4.78 is 5.01. The van der Waals surface area contributed by atoms with Gasteiger partial charge in [-0.3, -0.25) is 9.59 Å². The molecular formula is C14H18N2O7. The Hall–Kier alpha value is -2.68. The molecule has 23 heavy (non-hydrogen) atoms. The summed E-state index contributed by atoms with van der Waals surface area (Å²) in [7, 11) is 0. The van der Waals surface area contributed by atoms with E-state index in [0.29, 0.717) is 6.42 Å². The van der Waals surface area contributed by atoms with E-state index in [9.17, 15) is 19.7 Å². The fourth-order valence-corrected chi connectivity index (χ4v) is 1.67. The largest absolute Gasteiger partial charge is 0.480 e. The minimum atomic E-state index is -1.16. The van der Waals surface area contributed by atoms with Crippen molar-refractivity contribution in [1.29, 1.82) is 0 Å². The number of nitrogens with zero attached hydrogens (tertiary/aromatic N) is 1. The molecule has 9 nitrogen and oxygen atoms in total. The Kier molecular flexibility index (Phi) is 7.48. The van der Waals surface area contributed by atoms with E-state index in [-0.39, 0.29) is 26.1 Å². The molecule has 0 heterocycles. The summed E-state index contributed by atoms with van der Waals surface area (Å²) in [6.07, 6.45) is 0.349. The van der Waals surface area contributed by atoms with E-state index in [4.69, 9.17) is 15.6 Å². The van der Waals surface area contributed by atoms with Gasteiger partial charge in [-0.15, -0.1) is 10.1 Å². The highest BCUT2D eigenvalue weighted by atomic mass is 16.9. The van der Waals surface area contributed by atoms with E-state index in [2.05, 4.69) is 4.84 Å². The van der Waals surface area contributed by atoms with Gasteiger partial charge in [-0.2, -0.15) is 0 Å². The fraction of sp³-hybridized carbons (Fsp3) is 0.429. The SMILES string of the molecule is NC(CCC(=O)OCc1ccc(CCO[N+](=O)[O-])cc1)C(=O)O. The second-order valence-corrected chi connectivity index (χ2v) is 4.77. The van der Waals surface area contributed by atoms with Gasteiger partial charge < -0.3 is 20.4 Å². The monoisotopic (exact) mass is 326 g/mol. The standard InChI is InChI=1S/C14H18N2O7/c15-12(14(18)19)5-6-13(17)22-9-11-3-1-10(2-4-11)7-8-23-16(20)21/h1-4,12H,5-9,15H2,(H,18,19). The van der Waals surface area contributed by atoms with Gasteiger partial charge in [0.15, 0.2) is 0 Å². The van der Waals surface area contributed by atoms with E-state index in [1.807, 2.05) is 0 Å². The molecule has 0 aliphatic heterocycles. The van der Waals surface area contributed by atoms with Gasteiger partial charge in [0.05, 0.1) is 0 Å². The van der Waals surface area contributed by atoms with Crippen LogP contribution in [0.25, 0.3) is 0 Å². The lowest BCUT2D eigenvalue weighted by Gasteiger charge is -2.08. The zero-order chi connectivity index (χ0) is 17.2. The van der Waals surface area contributed by atoms with Gasteiger partial charge in [0, 0.05) is 6.42 Å². The Morgan fingerprint density at radius 1 is 1.26 bits per heavy atom. The first-order valence-corrected chi connectivity index (χ1v) is 6.87. The van der Waals surface area contributed by atoms with Crippen LogP contribution in [0.4, 0.5) is 0 Å². The third kappa shape index (κ3) is 7.77. The quantitative estimate of drug-likeness (QED) is 0.363. The minimum Gasteiger partial charge on any atom is -0.480 e. The van der Waals surface area contributed by atoms with E-state index >= 15 is 0 Å². The van der Waals surface area contributed by atoms with E-state index in [1.54, 1.807) is 24.3 Å². The van der Waals surface area contributed by atoms with Gasteiger partial charge in [-0.25, -0.2) is 0 Å². The van der Waals surface area contributed by atoms with Gasteiger partial charge in [0.2, 0.25) is 0 Å². The minimum absolute atomic E-state index is 0.0174. The van der Waals surface area contributed by atoms with Gasteiger partial charge in [0.25, 0.3) is 5.09 Å². The highest BCUT2D eigenvalue weighted by Gasteiger charge is 2.14. The van der Waals surface area contributed by atoms with Crippen LogP contribution in [0.1, 0.15) is 24.0 Å². The first-order valence-electron chi connectivity index (χ1n) is 6.87. The lowest BCUT2D eigenvalue weighted by Crippen LogP contribution is -2.30. The Morgan fingerprint density at radius 3 is 2.43 bits per heavy atom. The molecule has 126 valence electrons.